The molecular formula is C23H24F3N3O3S. The number of rotatable bonds is 5. The van der Waals surface area contributed by atoms with Crippen molar-refractivity contribution in [2.24, 2.45) is 0 Å². The Morgan fingerprint density at radius 3 is 2.18 bits per heavy atom. The largest absolute Gasteiger partial charge is 0.417 e. The molecule has 0 unspecified atom stereocenters. The van der Waals surface area contributed by atoms with E-state index in [1.807, 2.05) is 6.92 Å². The Labute approximate surface area is 189 Å². The van der Waals surface area contributed by atoms with Crippen molar-refractivity contribution in [2.45, 2.75) is 24.4 Å². The fraction of sp³-hybridized carbons (Fsp3) is 0.348. The van der Waals surface area contributed by atoms with Crippen molar-refractivity contribution < 1.29 is 21.6 Å². The number of nitrogens with one attached hydrogen (secondary N) is 1. The molecule has 1 aromatic heterocycles. The summed E-state index contributed by atoms with van der Waals surface area (Å²) in [6.07, 6.45) is -4.33. The van der Waals surface area contributed by atoms with Crippen LogP contribution in [0, 0.1) is 0 Å². The van der Waals surface area contributed by atoms with Gasteiger partial charge in [0.1, 0.15) is 0 Å². The second kappa shape index (κ2) is 8.92. The molecule has 0 radical (unpaired) electrons. The molecule has 0 saturated carbocycles. The average molecular weight is 480 g/mol. The van der Waals surface area contributed by atoms with E-state index >= 15 is 0 Å². The summed E-state index contributed by atoms with van der Waals surface area (Å²) in [5.74, 6) is 0. The maximum Gasteiger partial charge on any atom is 0.417 e. The summed E-state index contributed by atoms with van der Waals surface area (Å²) >= 11 is 0. The first-order valence-corrected chi connectivity index (χ1v) is 12.1. The smallest absolute Gasteiger partial charge is 0.322 e. The third-order valence-corrected chi connectivity index (χ3v) is 7.87. The molecule has 0 spiro atoms. The molecule has 1 saturated heterocycles. The number of halogens is 3. The quantitative estimate of drug-likeness (QED) is 0.608. The summed E-state index contributed by atoms with van der Waals surface area (Å²) < 4.78 is 67.5. The Morgan fingerprint density at radius 1 is 0.939 bits per heavy atom. The van der Waals surface area contributed by atoms with E-state index in [1.165, 1.54) is 28.6 Å². The zero-order chi connectivity index (χ0) is 23.8. The molecule has 33 heavy (non-hydrogen) atoms. The summed E-state index contributed by atoms with van der Waals surface area (Å²) in [5.41, 5.74) is -0.292. The summed E-state index contributed by atoms with van der Waals surface area (Å²) in [6, 6.07) is 11.5. The van der Waals surface area contributed by atoms with Crippen molar-refractivity contribution in [3.05, 3.63) is 75.6 Å². The zero-order valence-electron chi connectivity index (χ0n) is 18.0. The number of H-pyrrole nitrogens is 1. The number of hydrogen-bond donors (Lipinski definition) is 1. The molecule has 6 nitrogen and oxygen atoms in total. The minimum absolute atomic E-state index is 0.0787. The molecule has 0 atom stereocenters. The van der Waals surface area contributed by atoms with Crippen LogP contribution < -0.4 is 5.56 Å². The summed E-state index contributed by atoms with van der Waals surface area (Å²) in [7, 11) is -3.59. The van der Waals surface area contributed by atoms with Crippen LogP contribution in [0.5, 0.6) is 0 Å². The van der Waals surface area contributed by atoms with Gasteiger partial charge in [-0.2, -0.15) is 17.5 Å². The molecule has 2 heterocycles. The SMILES string of the molecule is CCN1CCN(S(=O)(=O)c2ccc(Cc3ccc4[nH]c(=O)cc(C(F)(F)F)c4c3)cc2)CC1. The third-order valence-electron chi connectivity index (χ3n) is 5.96. The van der Waals surface area contributed by atoms with Crippen LogP contribution in [0.3, 0.4) is 0 Å². The minimum Gasteiger partial charge on any atom is -0.322 e. The van der Waals surface area contributed by atoms with Crippen LogP contribution in [0.1, 0.15) is 23.6 Å². The number of sulfonamides is 1. The second-order valence-electron chi connectivity index (χ2n) is 8.08. The van der Waals surface area contributed by atoms with Gasteiger partial charge in [-0.15, -0.1) is 0 Å². The first kappa shape index (κ1) is 23.5. The van der Waals surface area contributed by atoms with E-state index in [1.54, 1.807) is 18.2 Å². The van der Waals surface area contributed by atoms with Gasteiger partial charge in [0, 0.05) is 43.1 Å². The fourth-order valence-electron chi connectivity index (χ4n) is 4.10. The number of piperazine rings is 1. The summed E-state index contributed by atoms with van der Waals surface area (Å²) in [6.45, 7) is 5.21. The van der Waals surface area contributed by atoms with E-state index in [0.717, 1.165) is 12.1 Å². The maximum absolute atomic E-state index is 13.4. The Balaban J connectivity index is 1.56. The lowest BCUT2D eigenvalue weighted by molar-refractivity contribution is -0.136. The number of likely N-dealkylation sites (N-methyl/N-ethyl adjacent to an activating group) is 1. The molecule has 4 rings (SSSR count). The molecule has 1 aliphatic heterocycles. The molecular weight excluding hydrogens is 455 g/mol. The molecule has 2 aromatic carbocycles. The molecule has 3 aromatic rings. The van der Waals surface area contributed by atoms with Crippen molar-refractivity contribution in [2.75, 3.05) is 32.7 Å². The number of nitrogens with zero attached hydrogens (tertiary/aromatic N) is 2. The number of benzene rings is 2. The highest BCUT2D eigenvalue weighted by Gasteiger charge is 2.33. The van der Waals surface area contributed by atoms with Crippen LogP contribution in [0.15, 0.2) is 58.2 Å². The monoisotopic (exact) mass is 479 g/mol. The Morgan fingerprint density at radius 2 is 1.58 bits per heavy atom. The highest BCUT2D eigenvalue weighted by Crippen LogP contribution is 2.33. The van der Waals surface area contributed by atoms with Gasteiger partial charge < -0.3 is 9.88 Å². The third kappa shape index (κ3) is 4.97. The van der Waals surface area contributed by atoms with Gasteiger partial charge in [0.2, 0.25) is 15.6 Å². The van der Waals surface area contributed by atoms with Crippen LogP contribution in [-0.2, 0) is 22.6 Å². The highest BCUT2D eigenvalue weighted by molar-refractivity contribution is 7.89. The Bertz CT molecular complexity index is 1310. The lowest BCUT2D eigenvalue weighted by atomic mass is 10.0. The first-order valence-electron chi connectivity index (χ1n) is 10.6. The zero-order valence-corrected chi connectivity index (χ0v) is 18.8. The van der Waals surface area contributed by atoms with Crippen LogP contribution in [0.2, 0.25) is 0 Å². The number of fused-ring (bicyclic) bond motifs is 1. The number of hydrogen-bond acceptors (Lipinski definition) is 4. The average Bonchev–Trinajstić information content (AvgIpc) is 2.78. The number of aromatic amines is 1. The molecule has 10 heteroatoms. The van der Waals surface area contributed by atoms with Gasteiger partial charge in [-0.25, -0.2) is 8.42 Å². The molecule has 1 N–H and O–H groups in total. The lowest BCUT2D eigenvalue weighted by Gasteiger charge is -2.33. The summed E-state index contributed by atoms with van der Waals surface area (Å²) in [4.78, 5) is 16.4. The number of aromatic nitrogens is 1. The molecule has 1 fully saturated rings. The maximum atomic E-state index is 13.4. The van der Waals surface area contributed by atoms with Gasteiger partial charge in [0.05, 0.1) is 10.5 Å². The van der Waals surface area contributed by atoms with Crippen molar-refractivity contribution in [1.29, 1.82) is 0 Å². The van der Waals surface area contributed by atoms with Crippen molar-refractivity contribution in [1.82, 2.24) is 14.2 Å². The molecule has 1 aliphatic rings. The minimum atomic E-state index is -4.65. The van der Waals surface area contributed by atoms with E-state index < -0.39 is 27.3 Å². The van der Waals surface area contributed by atoms with E-state index in [2.05, 4.69) is 9.88 Å². The van der Waals surface area contributed by atoms with Gasteiger partial charge in [-0.3, -0.25) is 4.79 Å². The molecule has 0 aliphatic carbocycles. The normalized spacial score (nSPS) is 16.4. The van der Waals surface area contributed by atoms with E-state index in [4.69, 9.17) is 0 Å². The lowest BCUT2D eigenvalue weighted by Crippen LogP contribution is -2.48. The van der Waals surface area contributed by atoms with Gasteiger partial charge >= 0.3 is 6.18 Å². The van der Waals surface area contributed by atoms with E-state index in [0.29, 0.717) is 44.2 Å². The van der Waals surface area contributed by atoms with E-state index in [-0.39, 0.29) is 15.8 Å². The van der Waals surface area contributed by atoms with Crippen molar-refractivity contribution in [3.63, 3.8) is 0 Å². The first-order chi connectivity index (χ1) is 15.6. The van der Waals surface area contributed by atoms with Crippen LogP contribution in [0.25, 0.3) is 10.9 Å². The topological polar surface area (TPSA) is 73.5 Å². The van der Waals surface area contributed by atoms with Gasteiger partial charge in [-0.1, -0.05) is 25.1 Å². The molecule has 0 bridgehead atoms. The summed E-state index contributed by atoms with van der Waals surface area (Å²) in [5, 5.41) is -0.0787. The van der Waals surface area contributed by atoms with Crippen LogP contribution in [-0.4, -0.2) is 55.3 Å². The Hall–Kier alpha value is -2.69. The van der Waals surface area contributed by atoms with Gasteiger partial charge in [0.25, 0.3) is 0 Å². The fourth-order valence-corrected chi connectivity index (χ4v) is 5.52. The van der Waals surface area contributed by atoms with Gasteiger partial charge in [-0.05, 0) is 48.4 Å². The van der Waals surface area contributed by atoms with E-state index in [9.17, 15) is 26.4 Å². The highest BCUT2D eigenvalue weighted by atomic mass is 32.2. The predicted molar refractivity (Wildman–Crippen MR) is 120 cm³/mol. The standard InChI is InChI=1S/C23H24F3N3O3S/c1-2-28-9-11-29(12-10-28)33(31,32)18-6-3-16(4-7-18)13-17-5-8-21-19(14-17)20(23(24,25)26)15-22(30)27-21/h3-8,14-15H,2,9-13H2,1H3,(H,27,30). The van der Waals surface area contributed by atoms with Crippen LogP contribution >= 0.6 is 0 Å². The molecule has 0 amide bonds. The second-order valence-corrected chi connectivity index (χ2v) is 10.0. The predicted octanol–water partition coefficient (Wildman–Crippen LogP) is 3.46. The molecule has 176 valence electrons. The van der Waals surface area contributed by atoms with Crippen LogP contribution in [0.4, 0.5) is 13.2 Å². The van der Waals surface area contributed by atoms with Crippen molar-refractivity contribution in [3.8, 4) is 0 Å². The van der Waals surface area contributed by atoms with Crippen molar-refractivity contribution >= 4 is 20.9 Å². The number of alkyl halides is 3. The van der Waals surface area contributed by atoms with Gasteiger partial charge in [0.15, 0.2) is 0 Å². The number of pyridine rings is 1. The Kier molecular flexibility index (Phi) is 6.35.